The molecule has 2 N–H and O–H groups in total. The van der Waals surface area contributed by atoms with Crippen LogP contribution in [-0.4, -0.2) is 0 Å². The Bertz CT molecular complexity index is 203. The molecule has 1 aromatic rings. The molecule has 0 bridgehead atoms. The van der Waals surface area contributed by atoms with Crippen LogP contribution in [0.3, 0.4) is 0 Å². The monoisotopic (exact) mass is 155 g/mol. The fourth-order valence-electron chi connectivity index (χ4n) is 0.887. The number of rotatable bonds is 2. The lowest BCUT2D eigenvalue weighted by molar-refractivity contribution is 0.655. The van der Waals surface area contributed by atoms with Gasteiger partial charge in [0.05, 0.1) is 0 Å². The number of thiophene rings is 1. The lowest BCUT2D eigenvalue weighted by Gasteiger charge is -2.01. The first-order valence-corrected chi connectivity index (χ1v) is 4.40. The normalized spacial score (nSPS) is 10.7. The fraction of sp³-hybridized carbons (Fsp3) is 0.500. The summed E-state index contributed by atoms with van der Waals surface area (Å²) in [6.45, 7) is 4.42. The van der Waals surface area contributed by atoms with E-state index >= 15 is 0 Å². The van der Waals surface area contributed by atoms with Crippen molar-refractivity contribution in [2.45, 2.75) is 20.3 Å². The van der Waals surface area contributed by atoms with Crippen molar-refractivity contribution in [2.75, 3.05) is 5.73 Å². The van der Waals surface area contributed by atoms with Gasteiger partial charge in [-0.15, -0.1) is 11.3 Å². The van der Waals surface area contributed by atoms with Crippen LogP contribution in [0.4, 0.5) is 5.69 Å². The molecule has 0 amide bonds. The van der Waals surface area contributed by atoms with Gasteiger partial charge in [-0.2, -0.15) is 0 Å². The van der Waals surface area contributed by atoms with E-state index in [1.54, 1.807) is 11.3 Å². The molecule has 0 aliphatic heterocycles. The van der Waals surface area contributed by atoms with Crippen molar-refractivity contribution in [2.24, 2.45) is 5.92 Å². The third-order valence-electron chi connectivity index (χ3n) is 1.37. The van der Waals surface area contributed by atoms with Gasteiger partial charge in [0.25, 0.3) is 0 Å². The number of nitrogen functional groups attached to an aromatic ring is 1. The second-order valence-electron chi connectivity index (χ2n) is 2.90. The summed E-state index contributed by atoms with van der Waals surface area (Å²) in [5.41, 5.74) is 6.66. The molecule has 0 atom stereocenters. The largest absolute Gasteiger partial charge is 0.398 e. The van der Waals surface area contributed by atoms with E-state index in [1.165, 1.54) is 4.88 Å². The Balaban J connectivity index is 2.65. The molecule has 0 spiro atoms. The van der Waals surface area contributed by atoms with Crippen molar-refractivity contribution in [3.63, 3.8) is 0 Å². The molecule has 0 aromatic carbocycles. The Kier molecular flexibility index (Phi) is 2.33. The van der Waals surface area contributed by atoms with E-state index in [4.69, 9.17) is 5.73 Å². The van der Waals surface area contributed by atoms with Crippen molar-refractivity contribution in [3.8, 4) is 0 Å². The van der Waals surface area contributed by atoms with Gasteiger partial charge in [-0.3, -0.25) is 0 Å². The summed E-state index contributed by atoms with van der Waals surface area (Å²) in [4.78, 5) is 1.33. The van der Waals surface area contributed by atoms with Crippen LogP contribution in [0.1, 0.15) is 18.7 Å². The van der Waals surface area contributed by atoms with Crippen LogP contribution in [0, 0.1) is 5.92 Å². The van der Waals surface area contributed by atoms with Crippen molar-refractivity contribution >= 4 is 17.0 Å². The van der Waals surface area contributed by atoms with Crippen LogP contribution in [0.15, 0.2) is 11.4 Å². The minimum Gasteiger partial charge on any atom is -0.398 e. The van der Waals surface area contributed by atoms with Crippen LogP contribution in [0.2, 0.25) is 0 Å². The van der Waals surface area contributed by atoms with Gasteiger partial charge in [0.15, 0.2) is 0 Å². The van der Waals surface area contributed by atoms with Gasteiger partial charge in [0.1, 0.15) is 0 Å². The molecule has 1 heterocycles. The van der Waals surface area contributed by atoms with Crippen molar-refractivity contribution in [1.82, 2.24) is 0 Å². The zero-order valence-corrected chi connectivity index (χ0v) is 7.24. The Labute approximate surface area is 65.9 Å². The lowest BCUT2D eigenvalue weighted by atomic mass is 10.1. The van der Waals surface area contributed by atoms with Gasteiger partial charge < -0.3 is 5.73 Å². The molecule has 10 heavy (non-hydrogen) atoms. The average Bonchev–Trinajstić information content (AvgIpc) is 2.15. The molecule has 0 fully saturated rings. The van der Waals surface area contributed by atoms with Crippen LogP contribution in [-0.2, 0) is 6.42 Å². The second kappa shape index (κ2) is 3.06. The zero-order chi connectivity index (χ0) is 7.56. The molecular formula is C8H13NS. The summed E-state index contributed by atoms with van der Waals surface area (Å²) in [5, 5.41) is 2.05. The lowest BCUT2D eigenvalue weighted by Crippen LogP contribution is -1.94. The highest BCUT2D eigenvalue weighted by Crippen LogP contribution is 2.21. The first kappa shape index (κ1) is 7.61. The Morgan fingerprint density at radius 2 is 2.30 bits per heavy atom. The number of anilines is 1. The maximum absolute atomic E-state index is 5.70. The molecule has 1 aromatic heterocycles. The molecular weight excluding hydrogens is 142 g/mol. The molecule has 0 radical (unpaired) electrons. The summed E-state index contributed by atoms with van der Waals surface area (Å²) in [6.07, 6.45) is 1.11. The topological polar surface area (TPSA) is 26.0 Å². The van der Waals surface area contributed by atoms with Gasteiger partial charge in [0, 0.05) is 10.6 Å². The van der Waals surface area contributed by atoms with E-state index in [-0.39, 0.29) is 0 Å². The molecule has 0 saturated heterocycles. The number of nitrogens with two attached hydrogens (primary N) is 1. The Hall–Kier alpha value is -0.500. The molecule has 56 valence electrons. The van der Waals surface area contributed by atoms with Gasteiger partial charge in [-0.25, -0.2) is 0 Å². The number of hydrogen-bond acceptors (Lipinski definition) is 2. The standard InChI is InChI=1S/C8H13NS/c1-6(2)5-8-7(9)3-4-10-8/h3-4,6H,5,9H2,1-2H3. The van der Waals surface area contributed by atoms with E-state index in [0.717, 1.165) is 12.1 Å². The van der Waals surface area contributed by atoms with Gasteiger partial charge >= 0.3 is 0 Å². The zero-order valence-electron chi connectivity index (χ0n) is 6.42. The minimum atomic E-state index is 0.709. The third kappa shape index (κ3) is 1.74. The summed E-state index contributed by atoms with van der Waals surface area (Å²) >= 11 is 1.75. The molecule has 0 aliphatic carbocycles. The van der Waals surface area contributed by atoms with Crippen LogP contribution in [0.5, 0.6) is 0 Å². The van der Waals surface area contributed by atoms with Gasteiger partial charge in [-0.05, 0) is 23.8 Å². The second-order valence-corrected chi connectivity index (χ2v) is 3.90. The fourth-order valence-corrected chi connectivity index (χ4v) is 1.90. The third-order valence-corrected chi connectivity index (χ3v) is 2.33. The quantitative estimate of drug-likeness (QED) is 0.697. The van der Waals surface area contributed by atoms with E-state index in [1.807, 2.05) is 11.4 Å². The van der Waals surface area contributed by atoms with Crippen molar-refractivity contribution < 1.29 is 0 Å². The van der Waals surface area contributed by atoms with E-state index in [2.05, 4.69) is 13.8 Å². The first-order chi connectivity index (χ1) is 4.70. The van der Waals surface area contributed by atoms with Crippen molar-refractivity contribution in [1.29, 1.82) is 0 Å². The summed E-state index contributed by atoms with van der Waals surface area (Å²) < 4.78 is 0. The average molecular weight is 155 g/mol. The van der Waals surface area contributed by atoms with Crippen LogP contribution >= 0.6 is 11.3 Å². The predicted octanol–water partition coefficient (Wildman–Crippen LogP) is 2.53. The smallest absolute Gasteiger partial charge is 0.0455 e. The molecule has 2 heteroatoms. The Morgan fingerprint density at radius 3 is 2.70 bits per heavy atom. The summed E-state index contributed by atoms with van der Waals surface area (Å²) in [7, 11) is 0. The SMILES string of the molecule is CC(C)Cc1sccc1N. The Morgan fingerprint density at radius 1 is 1.60 bits per heavy atom. The van der Waals surface area contributed by atoms with E-state index in [9.17, 15) is 0 Å². The highest BCUT2D eigenvalue weighted by molar-refractivity contribution is 7.10. The molecule has 1 rings (SSSR count). The van der Waals surface area contributed by atoms with Crippen LogP contribution in [0.25, 0.3) is 0 Å². The van der Waals surface area contributed by atoms with Gasteiger partial charge in [-0.1, -0.05) is 13.8 Å². The first-order valence-electron chi connectivity index (χ1n) is 3.52. The van der Waals surface area contributed by atoms with Crippen LogP contribution < -0.4 is 5.73 Å². The van der Waals surface area contributed by atoms with E-state index in [0.29, 0.717) is 5.92 Å². The predicted molar refractivity (Wildman–Crippen MR) is 47.3 cm³/mol. The summed E-state index contributed by atoms with van der Waals surface area (Å²) in [5.74, 6) is 0.709. The number of hydrogen-bond donors (Lipinski definition) is 1. The molecule has 1 nitrogen and oxygen atoms in total. The molecule has 0 unspecified atom stereocenters. The van der Waals surface area contributed by atoms with Crippen molar-refractivity contribution in [3.05, 3.63) is 16.3 Å². The summed E-state index contributed by atoms with van der Waals surface area (Å²) in [6, 6.07) is 1.97. The molecule has 0 aliphatic rings. The minimum absolute atomic E-state index is 0.709. The maximum atomic E-state index is 5.70. The highest BCUT2D eigenvalue weighted by atomic mass is 32.1. The van der Waals surface area contributed by atoms with Gasteiger partial charge in [0.2, 0.25) is 0 Å². The maximum Gasteiger partial charge on any atom is 0.0455 e. The molecule has 0 saturated carbocycles. The highest BCUT2D eigenvalue weighted by Gasteiger charge is 2.01. The van der Waals surface area contributed by atoms with E-state index < -0.39 is 0 Å².